The molecule has 1 aliphatic heterocycles. The highest BCUT2D eigenvalue weighted by atomic mass is 16.2. The average Bonchev–Trinajstić information content (AvgIpc) is 2.75. The third-order valence-electron chi connectivity index (χ3n) is 4.40. The number of hydrogen-bond acceptors (Lipinski definition) is 7. The van der Waals surface area contributed by atoms with Crippen LogP contribution in [0.3, 0.4) is 0 Å². The van der Waals surface area contributed by atoms with Crippen molar-refractivity contribution in [1.82, 2.24) is 25.1 Å². The largest absolute Gasteiger partial charge is 0.352 e. The number of hydrogen-bond donors (Lipinski definition) is 1. The molecule has 0 bridgehead atoms. The van der Waals surface area contributed by atoms with Crippen molar-refractivity contribution in [3.8, 4) is 0 Å². The first kappa shape index (κ1) is 16.9. The Morgan fingerprint density at radius 2 is 1.70 bits per heavy atom. The van der Waals surface area contributed by atoms with Gasteiger partial charge >= 0.3 is 0 Å². The molecule has 0 aromatic carbocycles. The summed E-state index contributed by atoms with van der Waals surface area (Å²) >= 11 is 0. The van der Waals surface area contributed by atoms with Gasteiger partial charge in [0.05, 0.1) is 5.56 Å². The van der Waals surface area contributed by atoms with Crippen LogP contribution in [0.4, 0.5) is 17.3 Å². The SMILES string of the molecule is O=C(c1cccnc1)N1CCN(c2ccc(Nc3ccncc3)nn2)CC1. The summed E-state index contributed by atoms with van der Waals surface area (Å²) in [4.78, 5) is 24.5. The number of anilines is 3. The fourth-order valence-electron chi connectivity index (χ4n) is 2.95. The molecule has 8 heteroatoms. The lowest BCUT2D eigenvalue weighted by Crippen LogP contribution is -2.49. The van der Waals surface area contributed by atoms with Crippen molar-refractivity contribution in [3.05, 3.63) is 66.7 Å². The van der Waals surface area contributed by atoms with E-state index in [1.807, 2.05) is 29.2 Å². The van der Waals surface area contributed by atoms with Crippen LogP contribution < -0.4 is 10.2 Å². The van der Waals surface area contributed by atoms with Gasteiger partial charge < -0.3 is 15.1 Å². The van der Waals surface area contributed by atoms with Gasteiger partial charge in [0.15, 0.2) is 11.6 Å². The molecule has 1 fully saturated rings. The molecule has 0 radical (unpaired) electrons. The van der Waals surface area contributed by atoms with Crippen LogP contribution in [-0.2, 0) is 0 Å². The van der Waals surface area contributed by atoms with E-state index in [0.29, 0.717) is 24.5 Å². The lowest BCUT2D eigenvalue weighted by Gasteiger charge is -2.35. The zero-order valence-corrected chi connectivity index (χ0v) is 14.7. The van der Waals surface area contributed by atoms with Crippen LogP contribution in [0.5, 0.6) is 0 Å². The molecule has 4 heterocycles. The van der Waals surface area contributed by atoms with Gasteiger partial charge in [0, 0.05) is 56.7 Å². The molecule has 1 N–H and O–H groups in total. The molecule has 4 rings (SSSR count). The molecule has 1 aliphatic rings. The predicted octanol–water partition coefficient (Wildman–Crippen LogP) is 1.97. The first-order chi connectivity index (χ1) is 13.3. The lowest BCUT2D eigenvalue weighted by atomic mass is 10.2. The van der Waals surface area contributed by atoms with Crippen LogP contribution in [0, 0.1) is 0 Å². The summed E-state index contributed by atoms with van der Waals surface area (Å²) in [6.07, 6.45) is 6.71. The second-order valence-electron chi connectivity index (χ2n) is 6.16. The van der Waals surface area contributed by atoms with E-state index in [4.69, 9.17) is 0 Å². The standard InChI is InChI=1S/C19H19N7O/c27-19(15-2-1-7-21-14-15)26-12-10-25(11-13-26)18-4-3-17(23-24-18)22-16-5-8-20-9-6-16/h1-9,14H,10-13H2,(H,20,22,23). The summed E-state index contributed by atoms with van der Waals surface area (Å²) in [7, 11) is 0. The Balaban J connectivity index is 1.35. The zero-order valence-electron chi connectivity index (χ0n) is 14.7. The smallest absolute Gasteiger partial charge is 0.255 e. The molecule has 8 nitrogen and oxygen atoms in total. The monoisotopic (exact) mass is 361 g/mol. The van der Waals surface area contributed by atoms with E-state index in [-0.39, 0.29) is 5.91 Å². The van der Waals surface area contributed by atoms with Crippen LogP contribution in [0.1, 0.15) is 10.4 Å². The fraction of sp³-hybridized carbons (Fsp3) is 0.211. The quantitative estimate of drug-likeness (QED) is 0.760. The van der Waals surface area contributed by atoms with Crippen molar-refractivity contribution < 1.29 is 4.79 Å². The van der Waals surface area contributed by atoms with Crippen LogP contribution in [0.2, 0.25) is 0 Å². The maximum atomic E-state index is 12.5. The highest BCUT2D eigenvalue weighted by molar-refractivity contribution is 5.94. The first-order valence-corrected chi connectivity index (χ1v) is 8.74. The average molecular weight is 361 g/mol. The van der Waals surface area contributed by atoms with Crippen LogP contribution in [-0.4, -0.2) is 57.2 Å². The van der Waals surface area contributed by atoms with Gasteiger partial charge in [-0.2, -0.15) is 0 Å². The number of piperazine rings is 1. The molecule has 1 saturated heterocycles. The first-order valence-electron chi connectivity index (χ1n) is 8.74. The Morgan fingerprint density at radius 1 is 0.889 bits per heavy atom. The summed E-state index contributed by atoms with van der Waals surface area (Å²) in [6.45, 7) is 2.73. The Labute approximate surface area is 156 Å². The van der Waals surface area contributed by atoms with E-state index in [2.05, 4.69) is 30.4 Å². The van der Waals surface area contributed by atoms with Crippen molar-refractivity contribution in [2.24, 2.45) is 0 Å². The normalized spacial score (nSPS) is 14.1. The van der Waals surface area contributed by atoms with Gasteiger partial charge in [-0.1, -0.05) is 0 Å². The topological polar surface area (TPSA) is 87.1 Å². The molecular formula is C19H19N7O. The van der Waals surface area contributed by atoms with Gasteiger partial charge in [0.2, 0.25) is 0 Å². The molecule has 0 aliphatic carbocycles. The lowest BCUT2D eigenvalue weighted by molar-refractivity contribution is 0.0746. The van der Waals surface area contributed by atoms with Gasteiger partial charge in [-0.25, -0.2) is 0 Å². The summed E-state index contributed by atoms with van der Waals surface area (Å²) in [6, 6.07) is 11.1. The summed E-state index contributed by atoms with van der Waals surface area (Å²) in [5.74, 6) is 1.50. The third kappa shape index (κ3) is 4.00. The number of amides is 1. The van der Waals surface area contributed by atoms with Gasteiger partial charge in [-0.05, 0) is 36.4 Å². The van der Waals surface area contributed by atoms with Crippen molar-refractivity contribution in [2.45, 2.75) is 0 Å². The number of aromatic nitrogens is 4. The van der Waals surface area contributed by atoms with Crippen LogP contribution >= 0.6 is 0 Å². The minimum Gasteiger partial charge on any atom is -0.352 e. The molecule has 0 spiro atoms. The van der Waals surface area contributed by atoms with Crippen LogP contribution in [0.15, 0.2) is 61.2 Å². The van der Waals surface area contributed by atoms with Gasteiger partial charge in [0.25, 0.3) is 5.91 Å². The second kappa shape index (κ2) is 7.77. The molecule has 136 valence electrons. The fourth-order valence-corrected chi connectivity index (χ4v) is 2.95. The Hall–Kier alpha value is -3.55. The number of carbonyl (C=O) groups excluding carboxylic acids is 1. The molecule has 1 amide bonds. The Bertz CT molecular complexity index is 879. The Morgan fingerprint density at radius 3 is 2.37 bits per heavy atom. The van der Waals surface area contributed by atoms with E-state index < -0.39 is 0 Å². The van der Waals surface area contributed by atoms with Gasteiger partial charge in [0.1, 0.15) is 0 Å². The molecule has 3 aromatic heterocycles. The van der Waals surface area contributed by atoms with Gasteiger partial charge in [-0.15, -0.1) is 10.2 Å². The zero-order chi connectivity index (χ0) is 18.5. The van der Waals surface area contributed by atoms with Crippen molar-refractivity contribution in [3.63, 3.8) is 0 Å². The van der Waals surface area contributed by atoms with Crippen molar-refractivity contribution >= 4 is 23.2 Å². The number of nitrogens with one attached hydrogen (secondary N) is 1. The van der Waals surface area contributed by atoms with Crippen molar-refractivity contribution in [2.75, 3.05) is 36.4 Å². The summed E-state index contributed by atoms with van der Waals surface area (Å²) in [5.41, 5.74) is 1.53. The number of carbonyl (C=O) groups is 1. The minimum atomic E-state index is 0.0192. The third-order valence-corrected chi connectivity index (χ3v) is 4.40. The van der Waals surface area contributed by atoms with E-state index in [0.717, 1.165) is 24.6 Å². The maximum Gasteiger partial charge on any atom is 0.255 e. The van der Waals surface area contributed by atoms with Crippen LogP contribution in [0.25, 0.3) is 0 Å². The minimum absolute atomic E-state index is 0.0192. The van der Waals surface area contributed by atoms with E-state index >= 15 is 0 Å². The molecule has 27 heavy (non-hydrogen) atoms. The van der Waals surface area contributed by atoms with E-state index in [1.165, 1.54) is 0 Å². The molecule has 0 atom stereocenters. The number of nitrogens with zero attached hydrogens (tertiary/aromatic N) is 6. The number of pyridine rings is 2. The van der Waals surface area contributed by atoms with Gasteiger partial charge in [-0.3, -0.25) is 14.8 Å². The molecular weight excluding hydrogens is 342 g/mol. The highest BCUT2D eigenvalue weighted by Crippen LogP contribution is 2.17. The summed E-state index contributed by atoms with van der Waals surface area (Å²) < 4.78 is 0. The highest BCUT2D eigenvalue weighted by Gasteiger charge is 2.23. The molecule has 0 unspecified atom stereocenters. The maximum absolute atomic E-state index is 12.5. The Kier molecular flexibility index (Phi) is 4.86. The predicted molar refractivity (Wildman–Crippen MR) is 102 cm³/mol. The summed E-state index contributed by atoms with van der Waals surface area (Å²) in [5, 5.41) is 11.7. The molecule has 0 saturated carbocycles. The molecule has 3 aromatic rings. The van der Waals surface area contributed by atoms with E-state index in [9.17, 15) is 4.79 Å². The second-order valence-corrected chi connectivity index (χ2v) is 6.16. The number of rotatable bonds is 4. The van der Waals surface area contributed by atoms with E-state index in [1.54, 1.807) is 36.9 Å². The van der Waals surface area contributed by atoms with Crippen molar-refractivity contribution in [1.29, 1.82) is 0 Å².